The minimum Gasteiger partial charge on any atom is -0.118 e. The van der Waals surface area contributed by atoms with E-state index in [4.69, 9.17) is 11.6 Å². The van der Waals surface area contributed by atoms with Crippen LogP contribution in [0.5, 0.6) is 0 Å². The first-order valence-corrected chi connectivity index (χ1v) is 6.52. The summed E-state index contributed by atoms with van der Waals surface area (Å²) in [4.78, 5) is 0. The van der Waals surface area contributed by atoms with Crippen molar-refractivity contribution in [1.82, 2.24) is 0 Å². The third-order valence-electron chi connectivity index (χ3n) is 3.62. The fourth-order valence-electron chi connectivity index (χ4n) is 2.67. The zero-order chi connectivity index (χ0) is 11.8. The average Bonchev–Trinajstić information content (AvgIpc) is 2.66. The lowest BCUT2D eigenvalue weighted by molar-refractivity contribution is 0.733. The first-order chi connectivity index (χ1) is 8.25. The van der Waals surface area contributed by atoms with Crippen molar-refractivity contribution < 1.29 is 0 Å². The lowest BCUT2D eigenvalue weighted by atomic mass is 9.98. The van der Waals surface area contributed by atoms with Crippen LogP contribution < -0.4 is 0 Å². The number of alkyl halides is 1. The predicted molar refractivity (Wildman–Crippen MR) is 73.5 cm³/mol. The van der Waals surface area contributed by atoms with Crippen LogP contribution in [0.4, 0.5) is 0 Å². The lowest BCUT2D eigenvalue weighted by Gasteiger charge is -2.08. The molecule has 0 aliphatic heterocycles. The van der Waals surface area contributed by atoms with Crippen LogP contribution in [0, 0.1) is 0 Å². The van der Waals surface area contributed by atoms with Gasteiger partial charge >= 0.3 is 0 Å². The molecule has 3 rings (SSSR count). The standard InChI is InChI=1S/C16H15Cl/c1-11-9-16(17)15-10-13(7-8-14(11)15)12-5-3-2-4-6-12/h2-8,10-11,16H,9H2,1H3. The van der Waals surface area contributed by atoms with Gasteiger partial charge in [0.05, 0.1) is 5.38 Å². The summed E-state index contributed by atoms with van der Waals surface area (Å²) in [6.07, 6.45) is 1.06. The molecule has 2 aromatic rings. The molecule has 0 saturated heterocycles. The van der Waals surface area contributed by atoms with Crippen LogP contribution in [-0.4, -0.2) is 0 Å². The SMILES string of the molecule is CC1CC(Cl)c2cc(-c3ccccc3)ccc21. The van der Waals surface area contributed by atoms with Crippen molar-refractivity contribution in [2.45, 2.75) is 24.6 Å². The van der Waals surface area contributed by atoms with E-state index in [1.165, 1.54) is 22.3 Å². The van der Waals surface area contributed by atoms with Gasteiger partial charge in [-0.25, -0.2) is 0 Å². The molecule has 2 unspecified atom stereocenters. The Morgan fingerprint density at radius 3 is 2.47 bits per heavy atom. The predicted octanol–water partition coefficient (Wildman–Crippen LogP) is 5.14. The zero-order valence-electron chi connectivity index (χ0n) is 9.86. The molecule has 0 fully saturated rings. The Kier molecular flexibility index (Phi) is 2.68. The topological polar surface area (TPSA) is 0 Å². The fraction of sp³-hybridized carbons (Fsp3) is 0.250. The third-order valence-corrected chi connectivity index (χ3v) is 4.04. The van der Waals surface area contributed by atoms with Gasteiger partial charge in [-0.2, -0.15) is 0 Å². The molecule has 0 saturated carbocycles. The van der Waals surface area contributed by atoms with Crippen molar-refractivity contribution in [3.05, 3.63) is 59.7 Å². The summed E-state index contributed by atoms with van der Waals surface area (Å²) in [5, 5.41) is 0.184. The van der Waals surface area contributed by atoms with Crippen molar-refractivity contribution in [3.63, 3.8) is 0 Å². The average molecular weight is 243 g/mol. The normalized spacial score (nSPS) is 22.5. The van der Waals surface area contributed by atoms with Crippen LogP contribution in [0.2, 0.25) is 0 Å². The second-order valence-electron chi connectivity index (χ2n) is 4.81. The molecular formula is C16H15Cl. The molecule has 1 aliphatic rings. The molecule has 2 aromatic carbocycles. The lowest BCUT2D eigenvalue weighted by Crippen LogP contribution is -1.87. The van der Waals surface area contributed by atoms with Gasteiger partial charge in [0.2, 0.25) is 0 Å². The van der Waals surface area contributed by atoms with Crippen LogP contribution >= 0.6 is 11.6 Å². The Hall–Kier alpha value is -1.27. The summed E-state index contributed by atoms with van der Waals surface area (Å²) in [6, 6.07) is 17.2. The maximum Gasteiger partial charge on any atom is 0.0593 e. The Morgan fingerprint density at radius 2 is 1.71 bits per heavy atom. The minimum atomic E-state index is 0.184. The number of benzene rings is 2. The zero-order valence-corrected chi connectivity index (χ0v) is 10.6. The van der Waals surface area contributed by atoms with Gasteiger partial charge in [0.15, 0.2) is 0 Å². The molecule has 1 aliphatic carbocycles. The Morgan fingerprint density at radius 1 is 0.941 bits per heavy atom. The summed E-state index contributed by atoms with van der Waals surface area (Å²) in [6.45, 7) is 2.25. The van der Waals surface area contributed by atoms with E-state index < -0.39 is 0 Å². The number of fused-ring (bicyclic) bond motifs is 1. The van der Waals surface area contributed by atoms with Gasteiger partial charge in [0.25, 0.3) is 0 Å². The molecule has 0 amide bonds. The highest BCUT2D eigenvalue weighted by Crippen LogP contribution is 2.44. The Balaban J connectivity index is 2.08. The van der Waals surface area contributed by atoms with Gasteiger partial charge in [0, 0.05) is 0 Å². The molecule has 0 aromatic heterocycles. The smallest absolute Gasteiger partial charge is 0.0593 e. The first-order valence-electron chi connectivity index (χ1n) is 6.09. The first kappa shape index (κ1) is 10.9. The van der Waals surface area contributed by atoms with Gasteiger partial charge in [-0.3, -0.25) is 0 Å². The second-order valence-corrected chi connectivity index (χ2v) is 5.34. The molecule has 0 heterocycles. The summed E-state index contributed by atoms with van der Waals surface area (Å²) >= 11 is 6.40. The molecule has 86 valence electrons. The van der Waals surface area contributed by atoms with E-state index in [2.05, 4.69) is 49.4 Å². The van der Waals surface area contributed by atoms with Crippen LogP contribution in [0.25, 0.3) is 11.1 Å². The summed E-state index contributed by atoms with van der Waals surface area (Å²) in [7, 11) is 0. The van der Waals surface area contributed by atoms with Gasteiger partial charge in [-0.05, 0) is 40.7 Å². The quantitative estimate of drug-likeness (QED) is 0.608. The molecule has 0 bridgehead atoms. The largest absolute Gasteiger partial charge is 0.118 e. The van der Waals surface area contributed by atoms with E-state index in [0.717, 1.165) is 6.42 Å². The molecular weight excluding hydrogens is 228 g/mol. The Bertz CT molecular complexity index is 530. The minimum absolute atomic E-state index is 0.184. The number of rotatable bonds is 1. The molecule has 17 heavy (non-hydrogen) atoms. The highest BCUT2D eigenvalue weighted by molar-refractivity contribution is 6.21. The van der Waals surface area contributed by atoms with Gasteiger partial charge < -0.3 is 0 Å². The fourth-order valence-corrected chi connectivity index (χ4v) is 3.13. The molecule has 0 radical (unpaired) electrons. The van der Waals surface area contributed by atoms with E-state index in [1.807, 2.05) is 6.07 Å². The summed E-state index contributed by atoms with van der Waals surface area (Å²) in [5.41, 5.74) is 5.27. The molecule has 0 nitrogen and oxygen atoms in total. The number of halogens is 1. The van der Waals surface area contributed by atoms with Crippen LogP contribution in [0.3, 0.4) is 0 Å². The van der Waals surface area contributed by atoms with Crippen molar-refractivity contribution in [1.29, 1.82) is 0 Å². The van der Waals surface area contributed by atoms with E-state index in [1.54, 1.807) is 0 Å². The van der Waals surface area contributed by atoms with Crippen molar-refractivity contribution in [2.75, 3.05) is 0 Å². The molecule has 0 spiro atoms. The molecule has 1 heteroatoms. The van der Waals surface area contributed by atoms with E-state index in [-0.39, 0.29) is 5.38 Å². The van der Waals surface area contributed by atoms with Crippen LogP contribution in [-0.2, 0) is 0 Å². The summed E-state index contributed by atoms with van der Waals surface area (Å²) < 4.78 is 0. The van der Waals surface area contributed by atoms with Gasteiger partial charge in [-0.1, -0.05) is 49.4 Å². The maximum atomic E-state index is 6.40. The van der Waals surface area contributed by atoms with Gasteiger partial charge in [-0.15, -0.1) is 11.6 Å². The second kappa shape index (κ2) is 4.19. The van der Waals surface area contributed by atoms with Crippen molar-refractivity contribution >= 4 is 11.6 Å². The number of hydrogen-bond acceptors (Lipinski definition) is 0. The van der Waals surface area contributed by atoms with Crippen LogP contribution in [0.1, 0.15) is 35.8 Å². The van der Waals surface area contributed by atoms with E-state index in [0.29, 0.717) is 5.92 Å². The van der Waals surface area contributed by atoms with Crippen molar-refractivity contribution in [2.24, 2.45) is 0 Å². The summed E-state index contributed by atoms with van der Waals surface area (Å²) in [5.74, 6) is 0.595. The highest BCUT2D eigenvalue weighted by Gasteiger charge is 2.26. The van der Waals surface area contributed by atoms with Gasteiger partial charge in [0.1, 0.15) is 0 Å². The monoisotopic (exact) mass is 242 g/mol. The number of hydrogen-bond donors (Lipinski definition) is 0. The van der Waals surface area contributed by atoms with E-state index >= 15 is 0 Å². The Labute approximate surface area is 107 Å². The van der Waals surface area contributed by atoms with Crippen LogP contribution in [0.15, 0.2) is 48.5 Å². The highest BCUT2D eigenvalue weighted by atomic mass is 35.5. The van der Waals surface area contributed by atoms with E-state index in [9.17, 15) is 0 Å². The maximum absolute atomic E-state index is 6.40. The van der Waals surface area contributed by atoms with Crippen molar-refractivity contribution in [3.8, 4) is 11.1 Å². The third kappa shape index (κ3) is 1.87. The molecule has 0 N–H and O–H groups in total. The molecule has 2 atom stereocenters.